The van der Waals surface area contributed by atoms with Crippen molar-refractivity contribution in [2.75, 3.05) is 24.6 Å². The van der Waals surface area contributed by atoms with Gasteiger partial charge in [-0.05, 0) is 44.7 Å². The average molecular weight is 304 g/mol. The molecule has 0 spiro atoms. The van der Waals surface area contributed by atoms with Crippen LogP contribution in [-0.4, -0.2) is 29.4 Å². The molecule has 0 unspecified atom stereocenters. The summed E-state index contributed by atoms with van der Waals surface area (Å²) in [6.07, 6.45) is 0. The van der Waals surface area contributed by atoms with Crippen molar-refractivity contribution in [1.29, 1.82) is 0 Å². The van der Waals surface area contributed by atoms with Gasteiger partial charge in [0.05, 0.1) is 17.7 Å². The molecule has 21 heavy (non-hydrogen) atoms. The molecule has 1 amide bonds. The van der Waals surface area contributed by atoms with Crippen LogP contribution in [0.5, 0.6) is 0 Å². The van der Waals surface area contributed by atoms with Crippen LogP contribution in [0.4, 0.5) is 11.4 Å². The molecule has 1 heterocycles. The second-order valence-electron chi connectivity index (χ2n) is 5.16. The van der Waals surface area contributed by atoms with Crippen LogP contribution in [0.3, 0.4) is 0 Å². The van der Waals surface area contributed by atoms with E-state index < -0.39 is 0 Å². The summed E-state index contributed by atoms with van der Waals surface area (Å²) in [4.78, 5) is 19.5. The number of aromatic nitrogens is 1. The highest BCUT2D eigenvalue weighted by Crippen LogP contribution is 2.18. The molecule has 0 aliphatic heterocycles. The SMILES string of the molecule is Cc1cc(N)ccc1NC(=O)CN(C)Cc1scnc1C. The predicted molar refractivity (Wildman–Crippen MR) is 87.4 cm³/mol. The number of benzene rings is 1. The van der Waals surface area contributed by atoms with Gasteiger partial charge in [0.2, 0.25) is 5.91 Å². The zero-order valence-corrected chi connectivity index (χ0v) is 13.3. The lowest BCUT2D eigenvalue weighted by molar-refractivity contribution is -0.117. The molecule has 0 aliphatic rings. The number of carbonyl (C=O) groups is 1. The van der Waals surface area contributed by atoms with Gasteiger partial charge in [0.25, 0.3) is 0 Å². The van der Waals surface area contributed by atoms with E-state index in [2.05, 4.69) is 10.3 Å². The predicted octanol–water partition coefficient (Wildman–Crippen LogP) is 2.41. The van der Waals surface area contributed by atoms with E-state index >= 15 is 0 Å². The number of amides is 1. The Morgan fingerprint density at radius 3 is 2.81 bits per heavy atom. The van der Waals surface area contributed by atoms with E-state index in [1.165, 1.54) is 4.88 Å². The van der Waals surface area contributed by atoms with E-state index in [9.17, 15) is 4.79 Å². The number of nitrogen functional groups attached to an aromatic ring is 1. The van der Waals surface area contributed by atoms with Crippen molar-refractivity contribution in [2.45, 2.75) is 20.4 Å². The second-order valence-corrected chi connectivity index (χ2v) is 6.10. The van der Waals surface area contributed by atoms with Gasteiger partial charge < -0.3 is 11.1 Å². The molecule has 1 aromatic heterocycles. The molecule has 112 valence electrons. The van der Waals surface area contributed by atoms with Gasteiger partial charge in [0.15, 0.2) is 0 Å². The molecule has 0 fully saturated rings. The summed E-state index contributed by atoms with van der Waals surface area (Å²) in [5.41, 5.74) is 11.0. The fourth-order valence-electron chi connectivity index (χ4n) is 2.04. The van der Waals surface area contributed by atoms with Gasteiger partial charge in [-0.2, -0.15) is 0 Å². The molecule has 2 rings (SSSR count). The summed E-state index contributed by atoms with van der Waals surface area (Å²) < 4.78 is 0. The minimum absolute atomic E-state index is 0.0347. The molecular formula is C15H20N4OS. The smallest absolute Gasteiger partial charge is 0.238 e. The van der Waals surface area contributed by atoms with Crippen molar-refractivity contribution in [2.24, 2.45) is 0 Å². The Balaban J connectivity index is 1.90. The zero-order valence-electron chi connectivity index (χ0n) is 12.5. The first kappa shape index (κ1) is 15.5. The third-order valence-corrected chi connectivity index (χ3v) is 4.12. The maximum atomic E-state index is 12.1. The van der Waals surface area contributed by atoms with Gasteiger partial charge in [-0.25, -0.2) is 4.98 Å². The quantitative estimate of drug-likeness (QED) is 0.832. The number of aryl methyl sites for hydroxylation is 2. The largest absolute Gasteiger partial charge is 0.399 e. The number of nitrogens with two attached hydrogens (primary N) is 1. The normalized spacial score (nSPS) is 10.9. The van der Waals surface area contributed by atoms with E-state index in [4.69, 9.17) is 5.73 Å². The molecule has 2 aromatic rings. The average Bonchev–Trinajstić information content (AvgIpc) is 2.78. The van der Waals surface area contributed by atoms with Crippen molar-refractivity contribution < 1.29 is 4.79 Å². The summed E-state index contributed by atoms with van der Waals surface area (Å²) in [7, 11) is 1.93. The second kappa shape index (κ2) is 6.69. The maximum Gasteiger partial charge on any atom is 0.238 e. The highest BCUT2D eigenvalue weighted by atomic mass is 32.1. The molecule has 0 saturated heterocycles. The number of hydrogen-bond acceptors (Lipinski definition) is 5. The number of nitrogens with one attached hydrogen (secondary N) is 1. The first-order chi connectivity index (χ1) is 9.95. The summed E-state index contributed by atoms with van der Waals surface area (Å²) in [5, 5.41) is 2.91. The van der Waals surface area contributed by atoms with Gasteiger partial charge >= 0.3 is 0 Å². The van der Waals surface area contributed by atoms with E-state index in [1.54, 1.807) is 17.4 Å². The Bertz CT molecular complexity index is 638. The summed E-state index contributed by atoms with van der Waals surface area (Å²) >= 11 is 1.61. The van der Waals surface area contributed by atoms with Gasteiger partial charge in [-0.3, -0.25) is 9.69 Å². The molecule has 5 nitrogen and oxygen atoms in total. The monoisotopic (exact) mass is 304 g/mol. The number of hydrogen-bond donors (Lipinski definition) is 2. The lowest BCUT2D eigenvalue weighted by Crippen LogP contribution is -2.30. The van der Waals surface area contributed by atoms with E-state index in [0.29, 0.717) is 12.2 Å². The van der Waals surface area contributed by atoms with Crippen molar-refractivity contribution in [1.82, 2.24) is 9.88 Å². The lowest BCUT2D eigenvalue weighted by atomic mass is 10.2. The minimum Gasteiger partial charge on any atom is -0.399 e. The van der Waals surface area contributed by atoms with E-state index in [0.717, 1.165) is 23.5 Å². The minimum atomic E-state index is -0.0347. The van der Waals surface area contributed by atoms with Crippen LogP contribution in [0.25, 0.3) is 0 Å². The highest BCUT2D eigenvalue weighted by molar-refractivity contribution is 7.09. The molecule has 1 aromatic carbocycles. The Morgan fingerprint density at radius 1 is 1.43 bits per heavy atom. The number of carbonyl (C=O) groups excluding carboxylic acids is 1. The molecule has 0 aliphatic carbocycles. The summed E-state index contributed by atoms with van der Waals surface area (Å²) in [5.74, 6) is -0.0347. The standard InChI is InChI=1S/C15H20N4OS/c1-10-6-12(16)4-5-13(10)18-15(20)8-19(3)7-14-11(2)17-9-21-14/h4-6,9H,7-8,16H2,1-3H3,(H,18,20). The number of thiazole rings is 1. The van der Waals surface area contributed by atoms with Gasteiger partial charge in [-0.15, -0.1) is 11.3 Å². The highest BCUT2D eigenvalue weighted by Gasteiger charge is 2.11. The molecule has 0 radical (unpaired) electrons. The topological polar surface area (TPSA) is 71.2 Å². The van der Waals surface area contributed by atoms with Gasteiger partial charge in [0.1, 0.15) is 0 Å². The Labute approximate surface area is 128 Å². The third kappa shape index (κ3) is 4.27. The number of nitrogens with zero attached hydrogens (tertiary/aromatic N) is 2. The fraction of sp³-hybridized carbons (Fsp3) is 0.333. The van der Waals surface area contributed by atoms with Crippen LogP contribution in [0.15, 0.2) is 23.7 Å². The van der Waals surface area contributed by atoms with E-state index in [-0.39, 0.29) is 5.91 Å². The van der Waals surface area contributed by atoms with E-state index in [1.807, 2.05) is 43.4 Å². The fourth-order valence-corrected chi connectivity index (χ4v) is 2.90. The summed E-state index contributed by atoms with van der Waals surface area (Å²) in [6, 6.07) is 5.46. The zero-order chi connectivity index (χ0) is 15.4. The number of likely N-dealkylation sites (N-methyl/N-ethyl adjacent to an activating group) is 1. The summed E-state index contributed by atoms with van der Waals surface area (Å²) in [6.45, 7) is 4.97. The van der Waals surface area contributed by atoms with Crippen LogP contribution in [0, 0.1) is 13.8 Å². The van der Waals surface area contributed by atoms with Crippen LogP contribution in [0.2, 0.25) is 0 Å². The first-order valence-corrected chi connectivity index (χ1v) is 7.57. The Morgan fingerprint density at radius 2 is 2.19 bits per heavy atom. The van der Waals surface area contributed by atoms with Crippen LogP contribution >= 0.6 is 11.3 Å². The van der Waals surface area contributed by atoms with Gasteiger partial charge in [0, 0.05) is 22.8 Å². The molecule has 0 bridgehead atoms. The van der Waals surface area contributed by atoms with Crippen LogP contribution in [-0.2, 0) is 11.3 Å². The number of rotatable bonds is 5. The van der Waals surface area contributed by atoms with Crippen LogP contribution in [0.1, 0.15) is 16.1 Å². The van der Waals surface area contributed by atoms with Gasteiger partial charge in [-0.1, -0.05) is 0 Å². The molecule has 6 heteroatoms. The molecule has 0 saturated carbocycles. The van der Waals surface area contributed by atoms with Crippen molar-refractivity contribution in [3.63, 3.8) is 0 Å². The van der Waals surface area contributed by atoms with Crippen molar-refractivity contribution in [3.8, 4) is 0 Å². The van der Waals surface area contributed by atoms with Crippen molar-refractivity contribution >= 4 is 28.6 Å². The first-order valence-electron chi connectivity index (χ1n) is 6.69. The lowest BCUT2D eigenvalue weighted by Gasteiger charge is -2.16. The third-order valence-electron chi connectivity index (χ3n) is 3.20. The molecule has 0 atom stereocenters. The molecular weight excluding hydrogens is 284 g/mol. The Kier molecular flexibility index (Phi) is 4.93. The maximum absolute atomic E-state index is 12.1. The van der Waals surface area contributed by atoms with Crippen LogP contribution < -0.4 is 11.1 Å². The van der Waals surface area contributed by atoms with Crippen molar-refractivity contribution in [3.05, 3.63) is 39.8 Å². The molecule has 3 N–H and O–H groups in total. The number of anilines is 2. The Hall–Kier alpha value is -1.92.